The number of rotatable bonds is 3. The van der Waals surface area contributed by atoms with E-state index < -0.39 is 6.29 Å². The van der Waals surface area contributed by atoms with Gasteiger partial charge in [-0.15, -0.1) is 0 Å². The zero-order valence-electron chi connectivity index (χ0n) is 8.27. The maximum atomic E-state index is 11.9. The van der Waals surface area contributed by atoms with Crippen molar-refractivity contribution in [1.82, 2.24) is 9.78 Å². The van der Waals surface area contributed by atoms with Crippen molar-refractivity contribution in [1.29, 1.82) is 0 Å². The number of nitrogens with zero attached hydrogens (tertiary/aromatic N) is 2. The zero-order chi connectivity index (χ0) is 10.8. The number of aryl methyl sites for hydroxylation is 1. The lowest BCUT2D eigenvalue weighted by Crippen LogP contribution is -2.17. The predicted molar refractivity (Wildman–Crippen MR) is 55.5 cm³/mol. The quantitative estimate of drug-likeness (QED) is 0.776. The number of ketones is 1. The lowest BCUT2D eigenvalue weighted by atomic mass is 10.2. The van der Waals surface area contributed by atoms with Crippen LogP contribution < -0.4 is 0 Å². The van der Waals surface area contributed by atoms with Crippen molar-refractivity contribution >= 4 is 21.7 Å². The van der Waals surface area contributed by atoms with E-state index in [1.54, 1.807) is 17.9 Å². The van der Waals surface area contributed by atoms with E-state index >= 15 is 0 Å². The molecular weight excluding hydrogens is 264 g/mol. The van der Waals surface area contributed by atoms with Crippen LogP contribution in [0.15, 0.2) is 10.7 Å². The van der Waals surface area contributed by atoms with Crippen LogP contribution in [0.2, 0.25) is 0 Å². The first-order chi connectivity index (χ1) is 7.18. The summed E-state index contributed by atoms with van der Waals surface area (Å²) in [6.07, 6.45) is 1.43. The number of Topliss-reactive ketones (excluding diaryl/α,β-unsaturated/α-hetero) is 1. The number of ether oxygens (including phenoxy) is 2. The summed E-state index contributed by atoms with van der Waals surface area (Å²) in [4.78, 5) is 11.9. The fraction of sp³-hybridized carbons (Fsp3) is 0.556. The van der Waals surface area contributed by atoms with Crippen molar-refractivity contribution in [3.63, 3.8) is 0 Å². The van der Waals surface area contributed by atoms with E-state index in [1.165, 1.54) is 0 Å². The highest BCUT2D eigenvalue weighted by Gasteiger charge is 2.23. The van der Waals surface area contributed by atoms with Crippen LogP contribution in [-0.4, -0.2) is 35.1 Å². The third kappa shape index (κ3) is 2.27. The molecule has 2 rings (SSSR count). The Morgan fingerprint density at radius 1 is 1.67 bits per heavy atom. The largest absolute Gasteiger partial charge is 0.350 e. The number of hydrogen-bond donors (Lipinski definition) is 0. The Morgan fingerprint density at radius 2 is 2.33 bits per heavy atom. The molecule has 0 N–H and O–H groups in total. The van der Waals surface area contributed by atoms with Crippen LogP contribution in [-0.2, 0) is 16.5 Å². The molecule has 0 aliphatic carbocycles. The van der Waals surface area contributed by atoms with E-state index in [9.17, 15) is 4.79 Å². The third-order valence-electron chi connectivity index (χ3n) is 2.20. The van der Waals surface area contributed by atoms with Crippen molar-refractivity contribution < 1.29 is 14.3 Å². The molecule has 1 aromatic rings. The highest BCUT2D eigenvalue weighted by Crippen LogP contribution is 2.19. The minimum absolute atomic E-state index is 0.0335. The van der Waals surface area contributed by atoms with E-state index in [0.29, 0.717) is 23.4 Å². The third-order valence-corrected chi connectivity index (χ3v) is 2.78. The Morgan fingerprint density at radius 3 is 2.87 bits per heavy atom. The van der Waals surface area contributed by atoms with E-state index in [4.69, 9.17) is 9.47 Å². The molecule has 0 bridgehead atoms. The summed E-state index contributed by atoms with van der Waals surface area (Å²) in [7, 11) is 1.73. The second kappa shape index (κ2) is 4.42. The summed E-state index contributed by atoms with van der Waals surface area (Å²) < 4.78 is 12.7. The molecule has 6 heteroatoms. The fourth-order valence-corrected chi connectivity index (χ4v) is 2.07. The average molecular weight is 275 g/mol. The average Bonchev–Trinajstić information content (AvgIpc) is 2.77. The van der Waals surface area contributed by atoms with Gasteiger partial charge in [0.05, 0.1) is 30.3 Å². The van der Waals surface area contributed by atoms with E-state index in [-0.39, 0.29) is 12.2 Å². The molecule has 82 valence electrons. The molecule has 0 spiro atoms. The Balaban J connectivity index is 2.07. The zero-order valence-corrected chi connectivity index (χ0v) is 9.86. The van der Waals surface area contributed by atoms with Crippen LogP contribution >= 0.6 is 15.9 Å². The minimum Gasteiger partial charge on any atom is -0.350 e. The fourth-order valence-electron chi connectivity index (χ4n) is 1.50. The number of halogens is 1. The standard InChI is InChI=1S/C9H11BrN2O3/c1-12-9(6(10)5-11-12)7(13)4-8-14-2-3-15-8/h5,8H,2-4H2,1H3. The summed E-state index contributed by atoms with van der Waals surface area (Å²) in [6.45, 7) is 1.12. The van der Waals surface area contributed by atoms with Gasteiger partial charge in [-0.3, -0.25) is 9.48 Å². The summed E-state index contributed by atoms with van der Waals surface area (Å²) in [5.74, 6) is -0.0335. The Kier molecular flexibility index (Phi) is 3.18. The van der Waals surface area contributed by atoms with Crippen LogP contribution in [0.4, 0.5) is 0 Å². The Bertz CT molecular complexity index is 352. The molecule has 0 atom stereocenters. The number of aromatic nitrogens is 2. The summed E-state index contributed by atoms with van der Waals surface area (Å²) in [5, 5.41) is 3.98. The highest BCUT2D eigenvalue weighted by molar-refractivity contribution is 9.10. The number of hydrogen-bond acceptors (Lipinski definition) is 4. The first-order valence-corrected chi connectivity index (χ1v) is 5.41. The van der Waals surface area contributed by atoms with E-state index in [2.05, 4.69) is 21.0 Å². The van der Waals surface area contributed by atoms with Gasteiger partial charge in [0.2, 0.25) is 0 Å². The van der Waals surface area contributed by atoms with Gasteiger partial charge in [-0.25, -0.2) is 0 Å². The maximum absolute atomic E-state index is 11.9. The maximum Gasteiger partial charge on any atom is 0.187 e. The molecule has 1 aromatic heterocycles. The van der Waals surface area contributed by atoms with Crippen LogP contribution in [0.1, 0.15) is 16.9 Å². The predicted octanol–water partition coefficient (Wildman–Crippen LogP) is 1.13. The van der Waals surface area contributed by atoms with Crippen molar-refractivity contribution in [2.75, 3.05) is 13.2 Å². The summed E-state index contributed by atoms with van der Waals surface area (Å²) in [5.41, 5.74) is 0.550. The summed E-state index contributed by atoms with van der Waals surface area (Å²) in [6, 6.07) is 0. The number of carbonyl (C=O) groups is 1. The van der Waals surface area contributed by atoms with Crippen LogP contribution in [0.5, 0.6) is 0 Å². The molecule has 0 amide bonds. The van der Waals surface area contributed by atoms with Crippen molar-refractivity contribution in [3.05, 3.63) is 16.4 Å². The smallest absolute Gasteiger partial charge is 0.187 e. The van der Waals surface area contributed by atoms with Crippen LogP contribution in [0.25, 0.3) is 0 Å². The molecule has 0 saturated carbocycles. The van der Waals surface area contributed by atoms with Gasteiger partial charge in [0.15, 0.2) is 12.1 Å². The molecule has 0 aromatic carbocycles. The van der Waals surface area contributed by atoms with E-state index in [1.807, 2.05) is 0 Å². The topological polar surface area (TPSA) is 53.4 Å². The van der Waals surface area contributed by atoms with Gasteiger partial charge < -0.3 is 9.47 Å². The SMILES string of the molecule is Cn1ncc(Br)c1C(=O)CC1OCCO1. The molecule has 1 aliphatic heterocycles. The molecular formula is C9H11BrN2O3. The lowest BCUT2D eigenvalue weighted by Gasteiger charge is -2.08. The van der Waals surface area contributed by atoms with Gasteiger partial charge in [0, 0.05) is 7.05 Å². The van der Waals surface area contributed by atoms with Crippen molar-refractivity contribution in [2.45, 2.75) is 12.7 Å². The molecule has 1 fully saturated rings. The normalized spacial score (nSPS) is 17.2. The summed E-state index contributed by atoms with van der Waals surface area (Å²) >= 11 is 3.28. The Labute approximate surface area is 95.5 Å². The molecule has 0 unspecified atom stereocenters. The first-order valence-electron chi connectivity index (χ1n) is 4.62. The molecule has 2 heterocycles. The van der Waals surface area contributed by atoms with Crippen molar-refractivity contribution in [3.8, 4) is 0 Å². The van der Waals surface area contributed by atoms with Gasteiger partial charge in [-0.05, 0) is 15.9 Å². The second-order valence-corrected chi connectivity index (χ2v) is 4.12. The van der Waals surface area contributed by atoms with Gasteiger partial charge in [0.1, 0.15) is 5.69 Å². The van der Waals surface area contributed by atoms with Gasteiger partial charge in [-0.2, -0.15) is 5.10 Å². The second-order valence-electron chi connectivity index (χ2n) is 3.26. The monoisotopic (exact) mass is 274 g/mol. The molecule has 15 heavy (non-hydrogen) atoms. The van der Waals surface area contributed by atoms with Gasteiger partial charge in [-0.1, -0.05) is 0 Å². The van der Waals surface area contributed by atoms with E-state index in [0.717, 1.165) is 0 Å². The minimum atomic E-state index is -0.403. The molecule has 1 aliphatic rings. The van der Waals surface area contributed by atoms with Crippen LogP contribution in [0, 0.1) is 0 Å². The van der Waals surface area contributed by atoms with Crippen molar-refractivity contribution in [2.24, 2.45) is 7.05 Å². The Hall–Kier alpha value is -0.720. The molecule has 5 nitrogen and oxygen atoms in total. The molecule has 0 radical (unpaired) electrons. The van der Waals surface area contributed by atoms with Gasteiger partial charge in [0.25, 0.3) is 0 Å². The van der Waals surface area contributed by atoms with Crippen LogP contribution in [0.3, 0.4) is 0 Å². The lowest BCUT2D eigenvalue weighted by molar-refractivity contribution is -0.0409. The highest BCUT2D eigenvalue weighted by atomic mass is 79.9. The number of carbonyl (C=O) groups excluding carboxylic acids is 1. The molecule has 1 saturated heterocycles. The van der Waals surface area contributed by atoms with Gasteiger partial charge >= 0.3 is 0 Å². The first kappa shape index (κ1) is 10.8.